The Morgan fingerprint density at radius 2 is 1.96 bits per heavy atom. The van der Waals surface area contributed by atoms with Crippen LogP contribution in [0.5, 0.6) is 5.75 Å². The van der Waals surface area contributed by atoms with Crippen LogP contribution in [0.25, 0.3) is 0 Å². The molecule has 2 aromatic carbocycles. The maximum atomic E-state index is 11.9. The van der Waals surface area contributed by atoms with E-state index in [1.165, 1.54) is 24.4 Å². The summed E-state index contributed by atoms with van der Waals surface area (Å²) in [5.41, 5.74) is 3.92. The second kappa shape index (κ2) is 8.12. The quantitative estimate of drug-likeness (QED) is 0.452. The van der Waals surface area contributed by atoms with Crippen LogP contribution in [0.15, 0.2) is 47.6 Å². The Labute approximate surface area is 144 Å². The Balaban J connectivity index is 1.98. The zero-order valence-corrected chi connectivity index (χ0v) is 13.7. The Morgan fingerprint density at radius 1 is 1.21 bits per heavy atom. The van der Waals surface area contributed by atoms with Crippen molar-refractivity contribution in [2.75, 3.05) is 5.32 Å². The number of para-hydroxylation sites is 1. The molecule has 0 saturated carbocycles. The van der Waals surface area contributed by atoms with Crippen LogP contribution in [-0.4, -0.2) is 23.1 Å². The van der Waals surface area contributed by atoms with Gasteiger partial charge in [-0.1, -0.05) is 36.7 Å². The number of phenolic OH excluding ortho intramolecular Hbond substituents is 1. The maximum Gasteiger partial charge on any atom is 0.329 e. The Morgan fingerprint density at radius 3 is 2.71 bits per heavy atom. The van der Waals surface area contributed by atoms with E-state index in [9.17, 15) is 14.7 Å². The van der Waals surface area contributed by atoms with Crippen LogP contribution < -0.4 is 10.7 Å². The molecule has 2 aromatic rings. The van der Waals surface area contributed by atoms with E-state index in [2.05, 4.69) is 15.8 Å². The summed E-state index contributed by atoms with van der Waals surface area (Å²) < 4.78 is 0. The van der Waals surface area contributed by atoms with Crippen molar-refractivity contribution in [2.45, 2.75) is 13.3 Å². The van der Waals surface area contributed by atoms with Crippen LogP contribution in [0.1, 0.15) is 18.1 Å². The molecule has 0 saturated heterocycles. The van der Waals surface area contributed by atoms with Gasteiger partial charge in [0.15, 0.2) is 0 Å². The molecule has 124 valence electrons. The van der Waals surface area contributed by atoms with Crippen LogP contribution in [-0.2, 0) is 16.0 Å². The lowest BCUT2D eigenvalue weighted by Gasteiger charge is -2.08. The Kier molecular flexibility index (Phi) is 5.92. The summed E-state index contributed by atoms with van der Waals surface area (Å²) >= 11 is 5.80. The summed E-state index contributed by atoms with van der Waals surface area (Å²) in [6.45, 7) is 1.95. The first kappa shape index (κ1) is 17.5. The van der Waals surface area contributed by atoms with Gasteiger partial charge in [-0.15, -0.1) is 0 Å². The molecule has 3 N–H and O–H groups in total. The number of aryl methyl sites for hydroxylation is 1. The topological polar surface area (TPSA) is 90.8 Å². The molecule has 0 aliphatic heterocycles. The number of nitrogens with zero attached hydrogens (tertiary/aromatic N) is 1. The standard InChI is InChI=1S/C17H16ClN3O3/c1-2-11-5-3-4-6-14(11)20-16(23)17(24)21-19-10-12-9-13(18)7-8-15(12)22/h3-10,22H,2H2,1H3,(H,20,23)(H,21,24)/b19-10-. The second-order valence-corrected chi connectivity index (χ2v) is 5.30. The van der Waals surface area contributed by atoms with Gasteiger partial charge in [0.1, 0.15) is 5.75 Å². The van der Waals surface area contributed by atoms with Crippen molar-refractivity contribution in [2.24, 2.45) is 5.10 Å². The fourth-order valence-corrected chi connectivity index (χ4v) is 2.15. The van der Waals surface area contributed by atoms with Gasteiger partial charge in [0.05, 0.1) is 6.21 Å². The molecule has 2 rings (SSSR count). The van der Waals surface area contributed by atoms with Gasteiger partial charge in [0.25, 0.3) is 0 Å². The number of hydrogen-bond donors (Lipinski definition) is 3. The number of halogens is 1. The number of aromatic hydroxyl groups is 1. The van der Waals surface area contributed by atoms with Gasteiger partial charge in [-0.3, -0.25) is 9.59 Å². The van der Waals surface area contributed by atoms with E-state index in [4.69, 9.17) is 11.6 Å². The van der Waals surface area contributed by atoms with Crippen molar-refractivity contribution >= 4 is 35.3 Å². The number of hydrogen-bond acceptors (Lipinski definition) is 4. The average molecular weight is 346 g/mol. The molecule has 6 nitrogen and oxygen atoms in total. The molecule has 0 fully saturated rings. The Bertz CT molecular complexity index is 790. The zero-order chi connectivity index (χ0) is 17.5. The zero-order valence-electron chi connectivity index (χ0n) is 12.9. The van der Waals surface area contributed by atoms with Crippen LogP contribution >= 0.6 is 11.6 Å². The van der Waals surface area contributed by atoms with Crippen molar-refractivity contribution in [3.05, 3.63) is 58.6 Å². The summed E-state index contributed by atoms with van der Waals surface area (Å²) in [5, 5.41) is 16.2. The molecule has 2 amide bonds. The molecule has 24 heavy (non-hydrogen) atoms. The number of nitrogens with one attached hydrogen (secondary N) is 2. The lowest BCUT2D eigenvalue weighted by molar-refractivity contribution is -0.136. The van der Waals surface area contributed by atoms with Crippen molar-refractivity contribution in [1.82, 2.24) is 5.43 Å². The number of carbonyl (C=O) groups is 2. The van der Waals surface area contributed by atoms with Crippen molar-refractivity contribution in [3.63, 3.8) is 0 Å². The largest absolute Gasteiger partial charge is 0.507 e. The van der Waals surface area contributed by atoms with E-state index in [0.717, 1.165) is 12.0 Å². The lowest BCUT2D eigenvalue weighted by Crippen LogP contribution is -2.32. The van der Waals surface area contributed by atoms with Gasteiger partial charge in [0, 0.05) is 16.3 Å². The molecule has 0 heterocycles. The molecule has 0 aromatic heterocycles. The smallest absolute Gasteiger partial charge is 0.329 e. The predicted octanol–water partition coefficient (Wildman–Crippen LogP) is 2.70. The van der Waals surface area contributed by atoms with Crippen LogP contribution in [0.2, 0.25) is 5.02 Å². The molecule has 0 bridgehead atoms. The number of phenols is 1. The van der Waals surface area contributed by atoms with E-state index < -0.39 is 11.8 Å². The van der Waals surface area contributed by atoms with Gasteiger partial charge in [-0.25, -0.2) is 5.43 Å². The van der Waals surface area contributed by atoms with E-state index in [-0.39, 0.29) is 5.75 Å². The number of benzene rings is 2. The summed E-state index contributed by atoms with van der Waals surface area (Å²) in [6, 6.07) is 11.6. The molecule has 0 atom stereocenters. The van der Waals surface area contributed by atoms with E-state index in [0.29, 0.717) is 16.3 Å². The molecule has 7 heteroatoms. The number of hydrazone groups is 1. The Hall–Kier alpha value is -2.86. The molecule has 0 aliphatic carbocycles. The van der Waals surface area contributed by atoms with Crippen LogP contribution in [0.4, 0.5) is 5.69 Å². The van der Waals surface area contributed by atoms with Crippen LogP contribution in [0.3, 0.4) is 0 Å². The predicted molar refractivity (Wildman–Crippen MR) is 93.3 cm³/mol. The van der Waals surface area contributed by atoms with Gasteiger partial charge in [0.2, 0.25) is 0 Å². The highest BCUT2D eigenvalue weighted by atomic mass is 35.5. The normalized spacial score (nSPS) is 10.6. The molecule has 0 unspecified atom stereocenters. The van der Waals surface area contributed by atoms with Crippen molar-refractivity contribution < 1.29 is 14.7 Å². The van der Waals surface area contributed by atoms with Gasteiger partial charge in [-0.05, 0) is 36.2 Å². The lowest BCUT2D eigenvalue weighted by atomic mass is 10.1. The third-order valence-corrected chi connectivity index (χ3v) is 3.45. The molecule has 0 radical (unpaired) electrons. The first-order valence-electron chi connectivity index (χ1n) is 7.22. The number of anilines is 1. The van der Waals surface area contributed by atoms with Gasteiger partial charge >= 0.3 is 11.8 Å². The third-order valence-electron chi connectivity index (χ3n) is 3.21. The number of carbonyl (C=O) groups excluding carboxylic acids is 2. The van der Waals surface area contributed by atoms with E-state index in [1.54, 1.807) is 12.1 Å². The summed E-state index contributed by atoms with van der Waals surface area (Å²) in [5.74, 6) is -1.79. The highest BCUT2D eigenvalue weighted by Crippen LogP contribution is 2.19. The minimum atomic E-state index is -0.918. The van der Waals surface area contributed by atoms with Crippen LogP contribution in [0, 0.1) is 0 Å². The second-order valence-electron chi connectivity index (χ2n) is 4.87. The fourth-order valence-electron chi connectivity index (χ4n) is 1.97. The first-order chi connectivity index (χ1) is 11.5. The molecule has 0 aliphatic rings. The van der Waals surface area contributed by atoms with Gasteiger partial charge in [-0.2, -0.15) is 5.10 Å². The van der Waals surface area contributed by atoms with Crippen molar-refractivity contribution in [3.8, 4) is 5.75 Å². The fraction of sp³-hybridized carbons (Fsp3) is 0.118. The number of amides is 2. The monoisotopic (exact) mass is 345 g/mol. The SMILES string of the molecule is CCc1ccccc1NC(=O)C(=O)N/N=C\c1cc(Cl)ccc1O. The molecular formula is C17H16ClN3O3. The minimum Gasteiger partial charge on any atom is -0.507 e. The van der Waals surface area contributed by atoms with E-state index in [1.807, 2.05) is 19.1 Å². The van der Waals surface area contributed by atoms with Gasteiger partial charge < -0.3 is 10.4 Å². The summed E-state index contributed by atoms with van der Waals surface area (Å²) in [6.07, 6.45) is 1.93. The average Bonchev–Trinajstić information content (AvgIpc) is 2.58. The third kappa shape index (κ3) is 4.57. The first-order valence-corrected chi connectivity index (χ1v) is 7.60. The highest BCUT2D eigenvalue weighted by Gasteiger charge is 2.14. The molecular weight excluding hydrogens is 330 g/mol. The summed E-state index contributed by atoms with van der Waals surface area (Å²) in [4.78, 5) is 23.6. The minimum absolute atomic E-state index is 0.0428. The summed E-state index contributed by atoms with van der Waals surface area (Å²) in [7, 11) is 0. The van der Waals surface area contributed by atoms with Crippen molar-refractivity contribution in [1.29, 1.82) is 0 Å². The van der Waals surface area contributed by atoms with E-state index >= 15 is 0 Å². The highest BCUT2D eigenvalue weighted by molar-refractivity contribution is 6.39. The number of rotatable bonds is 4. The maximum absolute atomic E-state index is 11.9. The molecule has 0 spiro atoms.